The molecular weight excluding hydrogens is 349 g/mol. The van der Waals surface area contributed by atoms with Crippen LogP contribution in [0.4, 0.5) is 4.39 Å². The monoisotopic (exact) mass is 373 g/mol. The van der Waals surface area contributed by atoms with Gasteiger partial charge in [0.15, 0.2) is 5.82 Å². The molecule has 0 amide bonds. The fourth-order valence-electron chi connectivity index (χ4n) is 3.35. The third-order valence-electron chi connectivity index (χ3n) is 4.76. The summed E-state index contributed by atoms with van der Waals surface area (Å²) in [6.07, 6.45) is 1.85. The van der Waals surface area contributed by atoms with Gasteiger partial charge in [0.05, 0.1) is 0 Å². The van der Waals surface area contributed by atoms with Crippen molar-refractivity contribution in [2.75, 3.05) is 6.26 Å². The molecule has 0 unspecified atom stereocenters. The van der Waals surface area contributed by atoms with E-state index in [2.05, 4.69) is 13.8 Å². The molecule has 6 heteroatoms. The van der Waals surface area contributed by atoms with Crippen LogP contribution in [-0.4, -0.2) is 20.4 Å². The number of hydrogen-bond acceptors (Lipinski definition) is 3. The van der Waals surface area contributed by atoms with Gasteiger partial charge >= 0.3 is 0 Å². The second-order valence-electron chi connectivity index (χ2n) is 6.83. The summed E-state index contributed by atoms with van der Waals surface area (Å²) in [6, 6.07) is 5.32. The predicted molar refractivity (Wildman–Crippen MR) is 106 cm³/mol. The van der Waals surface area contributed by atoms with Crippen LogP contribution in [0.25, 0.3) is 16.9 Å². The SMILES string of the molecule is CCn1c(-c2cc(F)c(SC)cc2C)nn2c(C)cc(C(C)C)c2c1=O. The van der Waals surface area contributed by atoms with Crippen LogP contribution >= 0.6 is 11.8 Å². The zero-order chi connectivity index (χ0) is 19.2. The summed E-state index contributed by atoms with van der Waals surface area (Å²) in [5, 5.41) is 4.74. The van der Waals surface area contributed by atoms with E-state index in [0.717, 1.165) is 16.8 Å². The fraction of sp³-hybridized carbons (Fsp3) is 0.400. The molecule has 0 aliphatic heterocycles. The van der Waals surface area contributed by atoms with Crippen LogP contribution < -0.4 is 5.56 Å². The van der Waals surface area contributed by atoms with Gasteiger partial charge in [0, 0.05) is 22.7 Å². The van der Waals surface area contributed by atoms with Crippen molar-refractivity contribution in [3.8, 4) is 11.4 Å². The number of benzene rings is 1. The molecule has 4 nitrogen and oxygen atoms in total. The van der Waals surface area contributed by atoms with Crippen molar-refractivity contribution in [1.29, 1.82) is 0 Å². The largest absolute Gasteiger partial charge is 0.290 e. The molecule has 0 aliphatic rings. The summed E-state index contributed by atoms with van der Waals surface area (Å²) in [7, 11) is 0. The lowest BCUT2D eigenvalue weighted by atomic mass is 10.1. The molecule has 2 aromatic heterocycles. The normalized spacial score (nSPS) is 11.7. The number of rotatable bonds is 4. The number of halogens is 1. The Kier molecular flexibility index (Phi) is 4.97. The highest BCUT2D eigenvalue weighted by atomic mass is 32.2. The number of aromatic nitrogens is 3. The highest BCUT2D eigenvalue weighted by Gasteiger charge is 2.20. The average molecular weight is 373 g/mol. The summed E-state index contributed by atoms with van der Waals surface area (Å²) < 4.78 is 17.8. The topological polar surface area (TPSA) is 39.3 Å². The first kappa shape index (κ1) is 18.7. The second-order valence-corrected chi connectivity index (χ2v) is 7.68. The molecule has 3 rings (SSSR count). The molecular formula is C20H24FN3OS. The first-order valence-corrected chi connectivity index (χ1v) is 10.00. The van der Waals surface area contributed by atoms with E-state index in [-0.39, 0.29) is 17.3 Å². The van der Waals surface area contributed by atoms with Crippen molar-refractivity contribution in [1.82, 2.24) is 14.2 Å². The zero-order valence-corrected chi connectivity index (χ0v) is 16.9. The lowest BCUT2D eigenvalue weighted by Crippen LogP contribution is -2.26. The number of nitrogens with zero attached hydrogens (tertiary/aromatic N) is 3. The summed E-state index contributed by atoms with van der Waals surface area (Å²) in [5.41, 5.74) is 3.99. The van der Waals surface area contributed by atoms with E-state index in [1.807, 2.05) is 39.2 Å². The average Bonchev–Trinajstić information content (AvgIpc) is 2.94. The second kappa shape index (κ2) is 6.91. The fourth-order valence-corrected chi connectivity index (χ4v) is 3.90. The molecule has 0 bridgehead atoms. The van der Waals surface area contributed by atoms with E-state index in [1.54, 1.807) is 9.08 Å². The lowest BCUT2D eigenvalue weighted by molar-refractivity contribution is 0.600. The lowest BCUT2D eigenvalue weighted by Gasteiger charge is -2.15. The van der Waals surface area contributed by atoms with Crippen LogP contribution in [0.1, 0.15) is 43.5 Å². The van der Waals surface area contributed by atoms with Crippen LogP contribution in [0.5, 0.6) is 0 Å². The van der Waals surface area contributed by atoms with Gasteiger partial charge in [-0.05, 0) is 62.3 Å². The van der Waals surface area contributed by atoms with Gasteiger partial charge < -0.3 is 0 Å². The van der Waals surface area contributed by atoms with Gasteiger partial charge in [-0.1, -0.05) is 13.8 Å². The van der Waals surface area contributed by atoms with Crippen LogP contribution in [-0.2, 0) is 6.54 Å². The first-order chi connectivity index (χ1) is 12.3. The third-order valence-corrected chi connectivity index (χ3v) is 5.51. The van der Waals surface area contributed by atoms with Crippen molar-refractivity contribution in [2.24, 2.45) is 0 Å². The number of thioether (sulfide) groups is 1. The minimum atomic E-state index is -0.290. The van der Waals surface area contributed by atoms with Crippen molar-refractivity contribution >= 4 is 17.3 Å². The maximum absolute atomic E-state index is 14.4. The van der Waals surface area contributed by atoms with Crippen molar-refractivity contribution in [3.63, 3.8) is 0 Å². The Labute approximate surface area is 157 Å². The van der Waals surface area contributed by atoms with Gasteiger partial charge in [-0.3, -0.25) is 9.36 Å². The number of fused-ring (bicyclic) bond motifs is 1. The van der Waals surface area contributed by atoms with Crippen LogP contribution in [0, 0.1) is 19.7 Å². The van der Waals surface area contributed by atoms with Gasteiger partial charge in [0.1, 0.15) is 11.3 Å². The Bertz CT molecular complexity index is 1050. The Morgan fingerprint density at radius 2 is 1.92 bits per heavy atom. The molecule has 26 heavy (non-hydrogen) atoms. The summed E-state index contributed by atoms with van der Waals surface area (Å²) in [6.45, 7) is 10.4. The molecule has 0 aliphatic carbocycles. The van der Waals surface area contributed by atoms with E-state index in [9.17, 15) is 9.18 Å². The smallest absolute Gasteiger partial charge is 0.278 e. The van der Waals surface area contributed by atoms with Crippen LogP contribution in [0.3, 0.4) is 0 Å². The first-order valence-electron chi connectivity index (χ1n) is 8.77. The molecule has 0 atom stereocenters. The number of hydrogen-bond donors (Lipinski definition) is 0. The molecule has 0 N–H and O–H groups in total. The van der Waals surface area contributed by atoms with E-state index < -0.39 is 0 Å². The molecule has 3 aromatic rings. The molecule has 0 saturated carbocycles. The summed E-state index contributed by atoms with van der Waals surface area (Å²) >= 11 is 1.37. The highest BCUT2D eigenvalue weighted by Crippen LogP contribution is 2.29. The summed E-state index contributed by atoms with van der Waals surface area (Å²) in [5.74, 6) is 0.439. The van der Waals surface area contributed by atoms with Gasteiger partial charge in [-0.2, -0.15) is 0 Å². The minimum Gasteiger partial charge on any atom is -0.290 e. The Hall–Kier alpha value is -2.08. The van der Waals surface area contributed by atoms with Gasteiger partial charge in [-0.25, -0.2) is 8.91 Å². The quantitative estimate of drug-likeness (QED) is 0.618. The molecule has 0 fully saturated rings. The van der Waals surface area contributed by atoms with E-state index in [4.69, 9.17) is 5.10 Å². The molecule has 2 heterocycles. The van der Waals surface area contributed by atoms with Crippen molar-refractivity contribution in [2.45, 2.75) is 52.0 Å². The van der Waals surface area contributed by atoms with E-state index in [0.29, 0.717) is 28.3 Å². The highest BCUT2D eigenvalue weighted by molar-refractivity contribution is 7.98. The maximum Gasteiger partial charge on any atom is 0.278 e. The Balaban J connectivity index is 2.40. The molecule has 0 radical (unpaired) electrons. The molecule has 0 spiro atoms. The van der Waals surface area contributed by atoms with E-state index in [1.165, 1.54) is 17.8 Å². The van der Waals surface area contributed by atoms with Gasteiger partial charge in [-0.15, -0.1) is 16.9 Å². The minimum absolute atomic E-state index is 0.0805. The Morgan fingerprint density at radius 1 is 1.23 bits per heavy atom. The molecule has 0 saturated heterocycles. The van der Waals surface area contributed by atoms with E-state index >= 15 is 0 Å². The molecule has 1 aromatic carbocycles. The maximum atomic E-state index is 14.4. The predicted octanol–water partition coefficient (Wildman–Crippen LogP) is 4.78. The zero-order valence-electron chi connectivity index (χ0n) is 16.1. The molecule has 138 valence electrons. The van der Waals surface area contributed by atoms with Crippen molar-refractivity contribution in [3.05, 3.63) is 51.2 Å². The van der Waals surface area contributed by atoms with Crippen LogP contribution in [0.15, 0.2) is 27.9 Å². The standard InChI is InChI=1S/C20H24FN3OS/c1-7-23-19(15-10-16(21)17(26-6)8-12(15)4)22-24-13(5)9-14(11(2)3)18(24)20(23)25/h8-11H,7H2,1-6H3. The number of aryl methyl sites for hydroxylation is 2. The van der Waals surface area contributed by atoms with Crippen molar-refractivity contribution < 1.29 is 4.39 Å². The summed E-state index contributed by atoms with van der Waals surface area (Å²) in [4.78, 5) is 13.8. The third kappa shape index (κ3) is 2.86. The van der Waals surface area contributed by atoms with Gasteiger partial charge in [0.25, 0.3) is 5.56 Å². The van der Waals surface area contributed by atoms with Gasteiger partial charge in [0.2, 0.25) is 0 Å². The Morgan fingerprint density at radius 3 is 2.50 bits per heavy atom. The van der Waals surface area contributed by atoms with Crippen LogP contribution in [0.2, 0.25) is 0 Å².